The van der Waals surface area contributed by atoms with E-state index in [1.54, 1.807) is 0 Å². The molecule has 0 saturated carbocycles. The number of aliphatic hydroxyl groups excluding tert-OH is 12. The summed E-state index contributed by atoms with van der Waals surface area (Å²) in [6.45, 7) is 4.83. The fourth-order valence-corrected chi connectivity index (χ4v) is 12.9. The summed E-state index contributed by atoms with van der Waals surface area (Å²) in [5, 5.41) is 147. The number of hydrogen-bond donors (Lipinski definition) is 25. The molecule has 0 radical (unpaired) electrons. The first kappa shape index (κ1) is 94.3. The van der Waals surface area contributed by atoms with E-state index in [1.807, 2.05) is 32.6 Å². The molecule has 0 aliphatic carbocycles. The zero-order valence-corrected chi connectivity index (χ0v) is 62.1. The Bertz CT molecular complexity index is 3140. The van der Waals surface area contributed by atoms with E-state index in [-0.39, 0.29) is 30.1 Å². The van der Waals surface area contributed by atoms with Crippen molar-refractivity contribution in [2.24, 2.45) is 0 Å². The van der Waals surface area contributed by atoms with Crippen molar-refractivity contribution in [1.29, 1.82) is 0 Å². The summed E-state index contributed by atoms with van der Waals surface area (Å²) in [5.41, 5.74) is 15.9. The fraction of sp³-hybridized carbons (Fsp3) is 0.783. The summed E-state index contributed by atoms with van der Waals surface area (Å²) in [4.78, 5) is 172. The maximum absolute atomic E-state index is 14.3. The number of carbonyl (C=O) groups is 11. The average molecular weight is 1660 g/mol. The number of aliphatic carboxylic acids is 1. The van der Waals surface area contributed by atoms with Crippen molar-refractivity contribution >= 4 is 89.4 Å². The van der Waals surface area contributed by atoms with E-state index in [0.29, 0.717) is 0 Å². The molecule has 6 saturated heterocycles. The fourth-order valence-electron chi connectivity index (χ4n) is 11.6. The van der Waals surface area contributed by atoms with Gasteiger partial charge < -0.3 is 125 Å². The molecule has 52 heteroatoms. The van der Waals surface area contributed by atoms with Crippen LogP contribution in [0.2, 0.25) is 0 Å². The number of carboxylic acids is 1. The highest BCUT2D eigenvalue weighted by Crippen LogP contribution is 2.36. The highest BCUT2D eigenvalue weighted by molar-refractivity contribution is 7.99. The van der Waals surface area contributed by atoms with Crippen molar-refractivity contribution < 1.29 is 191 Å². The van der Waals surface area contributed by atoms with E-state index in [2.05, 4.69) is 46.0 Å². The van der Waals surface area contributed by atoms with E-state index in [4.69, 9.17) is 72.0 Å². The van der Waals surface area contributed by atoms with Gasteiger partial charge in [0.05, 0.1) is 63.4 Å². The van der Waals surface area contributed by atoms with Crippen LogP contribution in [0.25, 0.3) is 0 Å². The maximum atomic E-state index is 14.3. The lowest BCUT2D eigenvalue weighted by atomic mass is 9.94. The van der Waals surface area contributed by atoms with E-state index >= 15 is 0 Å². The van der Waals surface area contributed by atoms with E-state index < -0.39 is 295 Å². The van der Waals surface area contributed by atoms with E-state index in [9.17, 15) is 119 Å². The van der Waals surface area contributed by atoms with Crippen LogP contribution in [-0.4, -0.2) is 360 Å². The van der Waals surface area contributed by atoms with Gasteiger partial charge in [0.1, 0.15) is 111 Å². The first-order chi connectivity index (χ1) is 53.1. The van der Waals surface area contributed by atoms with Crippen LogP contribution < -0.4 is 59.4 Å². The summed E-state index contributed by atoms with van der Waals surface area (Å²) in [6.07, 6.45) is -52.0. The van der Waals surface area contributed by atoms with Gasteiger partial charge in [0.2, 0.25) is 53.9 Å². The van der Waals surface area contributed by atoms with Gasteiger partial charge in [0.15, 0.2) is 37.2 Å². The van der Waals surface area contributed by atoms with Crippen LogP contribution in [0.15, 0.2) is 12.7 Å². The lowest BCUT2D eigenvalue weighted by Gasteiger charge is -2.47. The minimum absolute atomic E-state index is 0.0231. The van der Waals surface area contributed by atoms with Gasteiger partial charge in [0.25, 0.3) is 17.7 Å². The number of aliphatic hydroxyl groups is 12. The zero-order chi connectivity index (χ0) is 83.0. The third-order valence-corrected chi connectivity index (χ3v) is 18.8. The average Bonchev–Trinajstić information content (AvgIpc) is 0.787. The van der Waals surface area contributed by atoms with Crippen LogP contribution in [-0.2, 0) is 125 Å². The molecule has 50 nitrogen and oxygen atoms in total. The van der Waals surface area contributed by atoms with Crippen molar-refractivity contribution in [2.75, 3.05) is 44.2 Å². The van der Waals surface area contributed by atoms with Gasteiger partial charge in [0, 0.05) is 51.5 Å². The second-order valence-electron chi connectivity index (χ2n) is 25.8. The molecule has 0 bridgehead atoms. The molecule has 0 aromatic heterocycles. The maximum Gasteiger partial charge on any atom is 0.335 e. The Kier molecular flexibility index (Phi) is 38.5. The molecule has 6 aliphatic rings. The number of hydrazine groups is 4. The number of rotatable bonds is 37. The van der Waals surface area contributed by atoms with Gasteiger partial charge in [-0.2, -0.15) is 24.4 Å². The van der Waals surface area contributed by atoms with Crippen LogP contribution in [0.5, 0.6) is 0 Å². The Morgan fingerprint density at radius 1 is 0.500 bits per heavy atom. The molecular formula is C60H97N11O39S2. The molecule has 30 atom stereocenters. The van der Waals surface area contributed by atoms with Crippen LogP contribution >= 0.6 is 24.4 Å². The Balaban J connectivity index is 1.15. The summed E-state index contributed by atoms with van der Waals surface area (Å²) in [6, 6.07) is -4.16. The van der Waals surface area contributed by atoms with Crippen LogP contribution in [0, 0.1) is 0 Å². The second-order valence-corrected chi connectivity index (χ2v) is 27.3. The molecular weight excluding hydrogens is 1560 g/mol. The standard InChI is InChI=1S/C60H97N11O39S2/c1-7-35(80)64-66-37(82)13-39(84)69-71-54(93)51-48(102-57-26(63-23(5)77)12-31(34(17-74)100-57)108-110-60-46(91)44(89)49(52(105-60)55(94)95)103-58-24(61-21(3)75)10-29(106-96-6)32(15-72)98-58)43(88)45(90)59(104-51)109-107-30-11-25(62-22(4)76)56(99-33(30)16-73)101-47-42(87)41(86)20(2)97-50(47)53(92)70-68-40(85)14-38(83)67-65-36(81)8-9-112-19-28(79)27(78)18-111/h7,20,24-34,36,41-52,56-60,65,72-74,78-79,81,86-91,111H,1,8-19H2,2-6H3,(H,61,75)(H,62,76)(H,63,77)(H,64,80)(H,66,82)(H,67,83)(H,68,85)(H,69,84)(H,70,92)(H,71,93)(H,94,95)/t20?,24?,25?,26?,27?,28?,29-,30-,31-,32?,33-,34-,36?,41?,42+,43?,44?,45+,46?,47+,48+,49+,50?,51?,52?,56-,57-,58-,59?,60?/m0/s1. The number of nitrogens with one attached hydrogen (secondary N) is 11. The summed E-state index contributed by atoms with van der Waals surface area (Å²) < 4.78 is 52.6. The van der Waals surface area contributed by atoms with E-state index in [0.717, 1.165) is 34.0 Å². The molecule has 6 heterocycles. The van der Waals surface area contributed by atoms with Gasteiger partial charge in [-0.15, -0.1) is 0 Å². The lowest BCUT2D eigenvalue weighted by Crippen LogP contribution is -2.67. The van der Waals surface area contributed by atoms with Crippen molar-refractivity contribution in [3.63, 3.8) is 0 Å². The second kappa shape index (κ2) is 45.7. The molecule has 0 spiro atoms. The first-order valence-corrected chi connectivity index (χ1v) is 36.2. The smallest absolute Gasteiger partial charge is 0.335 e. The van der Waals surface area contributed by atoms with Crippen LogP contribution in [0.3, 0.4) is 0 Å². The molecule has 6 aliphatic heterocycles. The number of carbonyl (C=O) groups excluding carboxylic acids is 10. The minimum Gasteiger partial charge on any atom is -0.479 e. The molecule has 0 aromatic rings. The molecule has 6 rings (SSSR count). The summed E-state index contributed by atoms with van der Waals surface area (Å²) >= 11 is 5.09. The predicted molar refractivity (Wildman–Crippen MR) is 361 cm³/mol. The van der Waals surface area contributed by atoms with Gasteiger partial charge in [-0.3, -0.25) is 85.9 Å². The number of carboxylic acid groups (broad SMARTS) is 1. The number of amides is 10. The van der Waals surface area contributed by atoms with Gasteiger partial charge in [-0.1, -0.05) is 6.58 Å². The van der Waals surface area contributed by atoms with Gasteiger partial charge in [-0.05, 0) is 25.2 Å². The Morgan fingerprint density at radius 3 is 1.28 bits per heavy atom. The molecule has 112 heavy (non-hydrogen) atoms. The number of thiol groups is 1. The Morgan fingerprint density at radius 2 is 0.884 bits per heavy atom. The molecule has 638 valence electrons. The largest absolute Gasteiger partial charge is 0.479 e. The molecule has 0 aromatic carbocycles. The predicted octanol–water partition coefficient (Wildman–Crippen LogP) is -13.8. The number of thioether (sulfide) groups is 1. The monoisotopic (exact) mass is 1660 g/mol. The SMILES string of the molecule is C=CC(=O)NNC(=O)CC(=O)NNC(=O)C1OC(OO[C@H]2CC(NC(C)=O)[C@H](O[C@H]3C(C(=O)NNC(=O)CC(=O)NNC(O)CCSCC(O)C(O)CS)OC(C)C(O)[C@H]3O)O[C@H]2CO)[C@H](O)C(O)[C@H]1O[C@@H]1O[C@@H](CO)[C@@H](OOC2OC(C(=O)O)[C@H](O[C@@H]3OC(CO)[C@@H](OOC)CC3NC(C)=O)C(O)C2O)CC1NC(C)=O. The lowest BCUT2D eigenvalue weighted by molar-refractivity contribution is -0.460. The van der Waals surface area contributed by atoms with Gasteiger partial charge >= 0.3 is 5.97 Å². The summed E-state index contributed by atoms with van der Waals surface area (Å²) in [7, 11) is 1.16. The van der Waals surface area contributed by atoms with Crippen LogP contribution in [0.4, 0.5) is 0 Å². The van der Waals surface area contributed by atoms with Crippen LogP contribution in [0.1, 0.15) is 66.2 Å². The Hall–Kier alpha value is -6.51. The molecule has 24 N–H and O–H groups in total. The first-order valence-electron chi connectivity index (χ1n) is 34.4. The van der Waals surface area contributed by atoms with Crippen molar-refractivity contribution in [1.82, 2.24) is 59.4 Å². The third-order valence-electron chi connectivity index (χ3n) is 17.3. The number of hydrogen-bond acceptors (Lipinski definition) is 41. The van der Waals surface area contributed by atoms with Gasteiger partial charge in [-0.25, -0.2) is 39.5 Å². The highest BCUT2D eigenvalue weighted by atomic mass is 32.2. The summed E-state index contributed by atoms with van der Waals surface area (Å²) in [5.74, 6) is -11.8. The van der Waals surface area contributed by atoms with Crippen molar-refractivity contribution in [3.8, 4) is 0 Å². The van der Waals surface area contributed by atoms with Crippen molar-refractivity contribution in [3.05, 3.63) is 12.7 Å². The molecule has 6 fully saturated rings. The number of ether oxygens (including phenoxy) is 9. The normalized spacial score (nSPS) is 34.8. The van der Waals surface area contributed by atoms with Crippen molar-refractivity contribution in [2.45, 2.75) is 250 Å². The minimum atomic E-state index is -2.44. The molecule has 17 unspecified atom stereocenters. The zero-order valence-electron chi connectivity index (χ0n) is 60.4. The molecule has 10 amide bonds. The highest BCUT2D eigenvalue weighted by Gasteiger charge is 2.57. The van der Waals surface area contributed by atoms with E-state index in [1.165, 1.54) is 18.7 Å². The Labute approximate surface area is 644 Å². The quantitative estimate of drug-likeness (QED) is 0.00522. The third kappa shape index (κ3) is 27.3. The topological polar surface area (TPSA) is 722 Å².